The molecule has 0 radical (unpaired) electrons. The molecule has 102 valence electrons. The third-order valence-corrected chi connectivity index (χ3v) is 4.47. The fourth-order valence-electron chi connectivity index (χ4n) is 2.02. The van der Waals surface area contributed by atoms with Gasteiger partial charge in [0.25, 0.3) is 0 Å². The Bertz CT molecular complexity index is 561. The highest BCUT2D eigenvalue weighted by Crippen LogP contribution is 2.29. The lowest BCUT2D eigenvalue weighted by molar-refractivity contribution is 0.628. The zero-order valence-corrected chi connectivity index (χ0v) is 12.6. The first-order valence-corrected chi connectivity index (χ1v) is 7.67. The first kappa shape index (κ1) is 14.0. The summed E-state index contributed by atoms with van der Waals surface area (Å²) in [6.45, 7) is 7.27. The Kier molecular flexibility index (Phi) is 4.53. The topological polar surface area (TPSA) is 43.8 Å². The first-order valence-electron chi connectivity index (χ1n) is 6.69. The van der Waals surface area contributed by atoms with Crippen LogP contribution in [0.4, 0.5) is 5.69 Å². The Hall–Kier alpha value is -1.42. The molecule has 0 aliphatic rings. The monoisotopic (exact) mass is 275 g/mol. The van der Waals surface area contributed by atoms with Crippen molar-refractivity contribution < 1.29 is 0 Å². The zero-order chi connectivity index (χ0) is 13.8. The van der Waals surface area contributed by atoms with Gasteiger partial charge in [0.2, 0.25) is 0 Å². The van der Waals surface area contributed by atoms with Crippen molar-refractivity contribution in [2.24, 2.45) is 0 Å². The lowest BCUT2D eigenvalue weighted by Gasteiger charge is -2.08. The zero-order valence-electron chi connectivity index (χ0n) is 11.8. The number of nitrogens with zero attached hydrogens (tertiary/aromatic N) is 2. The van der Waals surface area contributed by atoms with E-state index < -0.39 is 0 Å². The fraction of sp³-hybridized carbons (Fsp3) is 0.400. The molecule has 19 heavy (non-hydrogen) atoms. The van der Waals surface area contributed by atoms with Crippen molar-refractivity contribution in [3.63, 3.8) is 0 Å². The van der Waals surface area contributed by atoms with Gasteiger partial charge in [-0.25, -0.2) is 0 Å². The molecular weight excluding hydrogens is 254 g/mol. The third kappa shape index (κ3) is 3.13. The Morgan fingerprint density at radius 2 is 2.11 bits per heavy atom. The fourth-order valence-corrected chi connectivity index (χ4v) is 3.06. The van der Waals surface area contributed by atoms with Gasteiger partial charge in [0.1, 0.15) is 0 Å². The molecule has 0 fully saturated rings. The highest BCUT2D eigenvalue weighted by atomic mass is 32.2. The highest BCUT2D eigenvalue weighted by Gasteiger charge is 2.08. The van der Waals surface area contributed by atoms with Crippen molar-refractivity contribution >= 4 is 17.4 Å². The smallest absolute Gasteiger partial charge is 0.0625 e. The number of hydrogen-bond acceptors (Lipinski definition) is 3. The van der Waals surface area contributed by atoms with Crippen LogP contribution >= 0.6 is 11.8 Å². The van der Waals surface area contributed by atoms with E-state index in [0.717, 1.165) is 24.4 Å². The molecule has 0 saturated carbocycles. The minimum absolute atomic E-state index is 0.864. The van der Waals surface area contributed by atoms with Crippen LogP contribution < -0.4 is 5.73 Å². The summed E-state index contributed by atoms with van der Waals surface area (Å²) in [5.41, 5.74) is 10.4. The Balaban J connectivity index is 2.14. The van der Waals surface area contributed by atoms with E-state index in [-0.39, 0.29) is 0 Å². The molecule has 0 bridgehead atoms. The highest BCUT2D eigenvalue weighted by molar-refractivity contribution is 7.98. The Labute approximate surface area is 119 Å². The van der Waals surface area contributed by atoms with E-state index >= 15 is 0 Å². The van der Waals surface area contributed by atoms with E-state index in [4.69, 9.17) is 5.73 Å². The molecule has 0 unspecified atom stereocenters. The van der Waals surface area contributed by atoms with Gasteiger partial charge in [-0.2, -0.15) is 5.10 Å². The maximum absolute atomic E-state index is 5.94. The van der Waals surface area contributed by atoms with Crippen LogP contribution in [0.1, 0.15) is 30.8 Å². The molecule has 2 N–H and O–H groups in total. The van der Waals surface area contributed by atoms with Gasteiger partial charge in [0.15, 0.2) is 0 Å². The van der Waals surface area contributed by atoms with E-state index in [1.807, 2.05) is 23.9 Å². The number of nitrogens with two attached hydrogens (primary N) is 1. The SMILES string of the molecule is CCc1cc(CSc2cccc(N)c2C)n(CC)n1. The van der Waals surface area contributed by atoms with Crippen molar-refractivity contribution in [1.29, 1.82) is 0 Å². The number of aromatic nitrogens is 2. The lowest BCUT2D eigenvalue weighted by Crippen LogP contribution is -2.01. The molecule has 3 nitrogen and oxygen atoms in total. The summed E-state index contributed by atoms with van der Waals surface area (Å²) >= 11 is 1.83. The van der Waals surface area contributed by atoms with E-state index in [0.29, 0.717) is 0 Å². The van der Waals surface area contributed by atoms with Gasteiger partial charge < -0.3 is 5.73 Å². The maximum Gasteiger partial charge on any atom is 0.0625 e. The second kappa shape index (κ2) is 6.15. The summed E-state index contributed by atoms with van der Waals surface area (Å²) in [6.07, 6.45) is 0.988. The number of benzene rings is 1. The van der Waals surface area contributed by atoms with Crippen molar-refractivity contribution in [3.05, 3.63) is 41.2 Å². The van der Waals surface area contributed by atoms with Crippen molar-refractivity contribution in [2.75, 3.05) is 5.73 Å². The molecule has 1 heterocycles. The van der Waals surface area contributed by atoms with Crippen LogP contribution in [0.2, 0.25) is 0 Å². The number of aryl methyl sites for hydroxylation is 2. The average Bonchev–Trinajstić information content (AvgIpc) is 2.83. The number of thioether (sulfide) groups is 1. The number of anilines is 1. The molecule has 0 atom stereocenters. The van der Waals surface area contributed by atoms with Crippen LogP contribution in [0.3, 0.4) is 0 Å². The summed E-state index contributed by atoms with van der Waals surface area (Å²) in [6, 6.07) is 8.30. The van der Waals surface area contributed by atoms with Crippen LogP contribution in [0, 0.1) is 6.92 Å². The average molecular weight is 275 g/mol. The van der Waals surface area contributed by atoms with Gasteiger partial charge >= 0.3 is 0 Å². The Morgan fingerprint density at radius 3 is 2.79 bits per heavy atom. The van der Waals surface area contributed by atoms with E-state index in [1.165, 1.54) is 21.8 Å². The Morgan fingerprint density at radius 1 is 1.32 bits per heavy atom. The van der Waals surface area contributed by atoms with Crippen molar-refractivity contribution in [1.82, 2.24) is 9.78 Å². The largest absolute Gasteiger partial charge is 0.398 e. The van der Waals surface area contributed by atoms with Crippen molar-refractivity contribution in [3.8, 4) is 0 Å². The molecule has 0 spiro atoms. The minimum atomic E-state index is 0.864. The molecule has 0 aliphatic carbocycles. The normalized spacial score (nSPS) is 10.9. The van der Waals surface area contributed by atoms with E-state index in [1.54, 1.807) is 0 Å². The third-order valence-electron chi connectivity index (χ3n) is 3.28. The van der Waals surface area contributed by atoms with Gasteiger partial charge in [-0.15, -0.1) is 11.8 Å². The number of hydrogen-bond donors (Lipinski definition) is 1. The molecular formula is C15H21N3S. The van der Waals surface area contributed by atoms with Crippen LogP contribution in [-0.2, 0) is 18.7 Å². The van der Waals surface area contributed by atoms with Gasteiger partial charge in [0, 0.05) is 28.6 Å². The molecule has 0 aliphatic heterocycles. The number of nitrogen functional groups attached to an aromatic ring is 1. The summed E-state index contributed by atoms with van der Waals surface area (Å²) in [4.78, 5) is 1.25. The van der Waals surface area contributed by atoms with Gasteiger partial charge in [0.05, 0.1) is 5.69 Å². The second-order valence-electron chi connectivity index (χ2n) is 4.56. The molecule has 0 saturated heterocycles. The molecule has 0 amide bonds. The van der Waals surface area contributed by atoms with Gasteiger partial charge in [-0.1, -0.05) is 13.0 Å². The quantitative estimate of drug-likeness (QED) is 0.669. The lowest BCUT2D eigenvalue weighted by atomic mass is 10.2. The summed E-state index contributed by atoms with van der Waals surface area (Å²) in [5.74, 6) is 0.936. The van der Waals surface area contributed by atoms with E-state index in [2.05, 4.69) is 42.7 Å². The minimum Gasteiger partial charge on any atom is -0.398 e. The predicted octanol–water partition coefficient (Wildman–Crippen LogP) is 3.65. The van der Waals surface area contributed by atoms with Crippen LogP contribution in [0.25, 0.3) is 0 Å². The summed E-state index contributed by atoms with van der Waals surface area (Å²) in [7, 11) is 0. The molecule has 1 aromatic heterocycles. The number of rotatable bonds is 5. The van der Waals surface area contributed by atoms with Crippen molar-refractivity contribution in [2.45, 2.75) is 44.4 Å². The van der Waals surface area contributed by atoms with Gasteiger partial charge in [-0.3, -0.25) is 4.68 Å². The second-order valence-corrected chi connectivity index (χ2v) is 5.57. The maximum atomic E-state index is 5.94. The summed E-state index contributed by atoms with van der Waals surface area (Å²) in [5, 5.41) is 4.58. The molecule has 2 aromatic rings. The predicted molar refractivity (Wildman–Crippen MR) is 82.4 cm³/mol. The summed E-state index contributed by atoms with van der Waals surface area (Å²) < 4.78 is 2.09. The molecule has 2 rings (SSSR count). The molecule has 1 aromatic carbocycles. The first-order chi connectivity index (χ1) is 9.15. The van der Waals surface area contributed by atoms with E-state index in [9.17, 15) is 0 Å². The standard InChI is InChI=1S/C15H21N3S/c1-4-12-9-13(18(5-2)17-12)10-19-15-8-6-7-14(16)11(15)3/h6-9H,4-5,10,16H2,1-3H3. The van der Waals surface area contributed by atoms with Crippen LogP contribution in [0.15, 0.2) is 29.2 Å². The van der Waals surface area contributed by atoms with Crippen LogP contribution in [0.5, 0.6) is 0 Å². The van der Waals surface area contributed by atoms with Gasteiger partial charge in [-0.05, 0) is 44.0 Å². The molecule has 4 heteroatoms. The van der Waals surface area contributed by atoms with Crippen LogP contribution in [-0.4, -0.2) is 9.78 Å².